The summed E-state index contributed by atoms with van der Waals surface area (Å²) in [6.07, 6.45) is 0.845. The van der Waals surface area contributed by atoms with Crippen molar-refractivity contribution >= 4 is 39.2 Å². The van der Waals surface area contributed by atoms with E-state index in [4.69, 9.17) is 5.73 Å². The molecule has 4 rings (SSSR count). The smallest absolute Gasteiger partial charge is 0.315 e. The highest BCUT2D eigenvalue weighted by molar-refractivity contribution is 9.10. The van der Waals surface area contributed by atoms with E-state index in [1.54, 1.807) is 17.1 Å². The molecule has 1 fully saturated rings. The van der Waals surface area contributed by atoms with Gasteiger partial charge in [-0.1, -0.05) is 54.6 Å². The molecule has 1 aliphatic heterocycles. The molecule has 7 nitrogen and oxygen atoms in total. The zero-order valence-corrected chi connectivity index (χ0v) is 19.7. The van der Waals surface area contributed by atoms with Crippen LogP contribution in [0.3, 0.4) is 0 Å². The summed E-state index contributed by atoms with van der Waals surface area (Å²) in [6, 6.07) is 23.2. The Hall–Kier alpha value is -3.52. The summed E-state index contributed by atoms with van der Waals surface area (Å²) in [4.78, 5) is 26.5. The molecule has 0 spiro atoms. The van der Waals surface area contributed by atoms with E-state index in [1.165, 1.54) is 0 Å². The average Bonchev–Trinajstić information content (AvgIpc) is 3.32. The van der Waals surface area contributed by atoms with E-state index >= 15 is 0 Å². The largest absolute Gasteiger partial charge is 0.399 e. The molecular weight excluding hydrogens is 482 g/mol. The molecule has 3 amide bonds. The predicted molar refractivity (Wildman–Crippen MR) is 133 cm³/mol. The van der Waals surface area contributed by atoms with Gasteiger partial charge in [0, 0.05) is 29.8 Å². The van der Waals surface area contributed by atoms with Gasteiger partial charge in [-0.15, -0.1) is 0 Å². The normalized spacial score (nSPS) is 14.1. The number of nitrogen functional groups attached to an aromatic ring is 1. The van der Waals surface area contributed by atoms with Crippen molar-refractivity contribution in [3.05, 3.63) is 94.5 Å². The molecule has 1 aliphatic rings. The summed E-state index contributed by atoms with van der Waals surface area (Å²) in [7, 11) is 0. The van der Waals surface area contributed by atoms with Crippen molar-refractivity contribution in [2.24, 2.45) is 0 Å². The van der Waals surface area contributed by atoms with Gasteiger partial charge in [0.1, 0.15) is 6.04 Å². The van der Waals surface area contributed by atoms with Crippen molar-refractivity contribution in [3.8, 4) is 0 Å². The number of urea groups is 1. The summed E-state index contributed by atoms with van der Waals surface area (Å²) in [6.45, 7) is 1.63. The first-order valence-corrected chi connectivity index (χ1v) is 11.6. The number of carbonyl (C=O) groups is 2. The van der Waals surface area contributed by atoms with E-state index in [-0.39, 0.29) is 5.91 Å². The van der Waals surface area contributed by atoms with Gasteiger partial charge in [0.15, 0.2) is 0 Å². The van der Waals surface area contributed by atoms with Crippen molar-refractivity contribution in [2.45, 2.75) is 19.0 Å². The maximum Gasteiger partial charge on any atom is 0.315 e. The highest BCUT2D eigenvalue weighted by Crippen LogP contribution is 2.31. The van der Waals surface area contributed by atoms with Crippen LogP contribution in [0.15, 0.2) is 83.3 Å². The first kappa shape index (κ1) is 22.7. The van der Waals surface area contributed by atoms with E-state index in [1.807, 2.05) is 71.7 Å². The minimum absolute atomic E-state index is 0.183. The molecule has 3 aromatic rings. The van der Waals surface area contributed by atoms with E-state index in [2.05, 4.69) is 26.6 Å². The van der Waals surface area contributed by atoms with E-state index < -0.39 is 12.1 Å². The predicted octanol–water partition coefficient (Wildman–Crippen LogP) is 4.23. The number of nitrogens with one attached hydrogen (secondary N) is 2. The Morgan fingerprint density at radius 1 is 0.939 bits per heavy atom. The number of amides is 3. The number of rotatable bonds is 6. The summed E-state index contributed by atoms with van der Waals surface area (Å²) in [5, 5.41) is 9.40. The molecular formula is C25H26BrN5O2. The van der Waals surface area contributed by atoms with Crippen LogP contribution in [0.2, 0.25) is 0 Å². The molecule has 0 radical (unpaired) electrons. The van der Waals surface area contributed by atoms with Crippen molar-refractivity contribution in [1.82, 2.24) is 15.6 Å². The zero-order chi connectivity index (χ0) is 23.2. The summed E-state index contributed by atoms with van der Waals surface area (Å²) in [5.41, 5.74) is 8.95. The molecule has 0 aliphatic carbocycles. The quantitative estimate of drug-likeness (QED) is 0.435. The number of hydrogen-bond donors (Lipinski definition) is 3. The maximum atomic E-state index is 13.7. The van der Waals surface area contributed by atoms with Crippen LogP contribution in [-0.4, -0.2) is 30.0 Å². The number of hydrazine groups is 1. The zero-order valence-electron chi connectivity index (χ0n) is 18.1. The molecule has 1 saturated heterocycles. The highest BCUT2D eigenvalue weighted by atomic mass is 79.9. The van der Waals surface area contributed by atoms with E-state index in [9.17, 15) is 9.59 Å². The van der Waals surface area contributed by atoms with Crippen LogP contribution in [0.5, 0.6) is 0 Å². The number of nitrogens with zero attached hydrogens (tertiary/aromatic N) is 2. The number of para-hydroxylation sites is 1. The van der Waals surface area contributed by atoms with Crippen LogP contribution in [0.1, 0.15) is 23.6 Å². The van der Waals surface area contributed by atoms with Crippen LogP contribution in [0.25, 0.3) is 0 Å². The van der Waals surface area contributed by atoms with Gasteiger partial charge in [-0.05, 0) is 57.7 Å². The highest BCUT2D eigenvalue weighted by Gasteiger charge is 2.34. The van der Waals surface area contributed by atoms with Crippen LogP contribution in [0.4, 0.5) is 16.2 Å². The summed E-state index contributed by atoms with van der Waals surface area (Å²) >= 11 is 3.59. The van der Waals surface area contributed by atoms with Gasteiger partial charge in [0.2, 0.25) is 0 Å². The van der Waals surface area contributed by atoms with Gasteiger partial charge in [-0.2, -0.15) is 0 Å². The molecule has 1 heterocycles. The second-order valence-electron chi connectivity index (χ2n) is 7.80. The van der Waals surface area contributed by atoms with Crippen molar-refractivity contribution in [1.29, 1.82) is 0 Å². The third kappa shape index (κ3) is 5.46. The van der Waals surface area contributed by atoms with Crippen molar-refractivity contribution in [2.75, 3.05) is 23.8 Å². The van der Waals surface area contributed by atoms with Crippen molar-refractivity contribution < 1.29 is 9.59 Å². The van der Waals surface area contributed by atoms with Gasteiger partial charge in [-0.3, -0.25) is 14.8 Å². The first-order valence-electron chi connectivity index (χ1n) is 10.8. The average molecular weight is 508 g/mol. The molecule has 0 bridgehead atoms. The summed E-state index contributed by atoms with van der Waals surface area (Å²) in [5.74, 6) is -0.183. The maximum absolute atomic E-state index is 13.7. The molecule has 3 aromatic carbocycles. The van der Waals surface area contributed by atoms with Gasteiger partial charge in [0.25, 0.3) is 5.91 Å². The monoisotopic (exact) mass is 507 g/mol. The van der Waals surface area contributed by atoms with Gasteiger partial charge < -0.3 is 16.4 Å². The van der Waals surface area contributed by atoms with Crippen LogP contribution < -0.4 is 21.4 Å². The molecule has 170 valence electrons. The van der Waals surface area contributed by atoms with Crippen LogP contribution in [-0.2, 0) is 11.3 Å². The van der Waals surface area contributed by atoms with Crippen LogP contribution >= 0.6 is 15.9 Å². The number of halogens is 1. The molecule has 0 saturated carbocycles. The molecule has 33 heavy (non-hydrogen) atoms. The van der Waals surface area contributed by atoms with E-state index in [0.29, 0.717) is 18.8 Å². The lowest BCUT2D eigenvalue weighted by Gasteiger charge is -2.33. The fraction of sp³-hybridized carbons (Fsp3) is 0.200. The molecule has 1 atom stereocenters. The molecule has 0 unspecified atom stereocenters. The second-order valence-corrected chi connectivity index (χ2v) is 8.66. The number of carbonyl (C=O) groups excluding carboxylic acids is 2. The van der Waals surface area contributed by atoms with Gasteiger partial charge in [0.05, 0.1) is 5.69 Å². The fourth-order valence-corrected chi connectivity index (χ4v) is 4.32. The third-order valence-electron chi connectivity index (χ3n) is 5.50. The lowest BCUT2D eigenvalue weighted by atomic mass is 10.1. The Labute approximate surface area is 201 Å². The lowest BCUT2D eigenvalue weighted by molar-refractivity contribution is -0.132. The Morgan fingerprint density at radius 2 is 1.64 bits per heavy atom. The number of anilines is 2. The Morgan fingerprint density at radius 3 is 2.36 bits per heavy atom. The Kier molecular flexibility index (Phi) is 7.14. The van der Waals surface area contributed by atoms with Crippen molar-refractivity contribution in [3.63, 3.8) is 0 Å². The minimum Gasteiger partial charge on any atom is -0.399 e. The first-order chi connectivity index (χ1) is 16.0. The topological polar surface area (TPSA) is 90.7 Å². The molecule has 0 aromatic heterocycles. The van der Waals surface area contributed by atoms with Gasteiger partial charge >= 0.3 is 6.03 Å². The number of benzene rings is 3. The number of nitrogens with two attached hydrogens (primary N) is 1. The minimum atomic E-state index is -0.819. The number of hydrogen-bond acceptors (Lipinski definition) is 4. The Bertz CT molecular complexity index is 1110. The summed E-state index contributed by atoms with van der Waals surface area (Å²) < 4.78 is 0.912. The second kappa shape index (κ2) is 10.4. The van der Waals surface area contributed by atoms with E-state index in [0.717, 1.165) is 34.3 Å². The lowest BCUT2D eigenvalue weighted by Crippen LogP contribution is -2.49. The SMILES string of the molecule is Nc1ccc(CNC(=O)N[C@H](C(=O)N2CCCN2c2ccccc2Br)c2ccccc2)cc1. The standard InChI is InChI=1S/C25H26BrN5O2/c26-21-9-4-5-10-22(21)30-15-6-16-31(30)24(32)23(19-7-2-1-3-8-19)29-25(33)28-17-18-11-13-20(27)14-12-18/h1-5,7-14,23H,6,15-17,27H2,(H2,28,29,33)/t23-/m0/s1. The fourth-order valence-electron chi connectivity index (χ4n) is 3.83. The van der Waals surface area contributed by atoms with Crippen LogP contribution in [0, 0.1) is 0 Å². The Balaban J connectivity index is 1.51. The van der Waals surface area contributed by atoms with Gasteiger partial charge in [-0.25, -0.2) is 4.79 Å². The third-order valence-corrected chi connectivity index (χ3v) is 6.17. The molecule has 4 N–H and O–H groups in total. The molecule has 8 heteroatoms.